The van der Waals surface area contributed by atoms with E-state index < -0.39 is 0 Å². The summed E-state index contributed by atoms with van der Waals surface area (Å²) in [6.07, 6.45) is 0. The van der Waals surface area contributed by atoms with Crippen LogP contribution in [0.3, 0.4) is 0 Å². The molecule has 4 aromatic carbocycles. The van der Waals surface area contributed by atoms with Gasteiger partial charge in [0.25, 0.3) is 0 Å². The molecule has 4 rings (SSSR count). The van der Waals surface area contributed by atoms with Gasteiger partial charge in [0.05, 0.1) is 11.1 Å². The predicted molar refractivity (Wildman–Crippen MR) is 131 cm³/mol. The second-order valence-corrected chi connectivity index (χ2v) is 11.0. The first-order valence-corrected chi connectivity index (χ1v) is 12.9. The molecule has 0 radical (unpaired) electrons. The van der Waals surface area contributed by atoms with E-state index in [0.29, 0.717) is 21.9 Å². The molecule has 0 aromatic heterocycles. The van der Waals surface area contributed by atoms with E-state index in [-0.39, 0.29) is 23.1 Å². The van der Waals surface area contributed by atoms with Crippen molar-refractivity contribution in [2.45, 2.75) is 23.6 Å². The Morgan fingerprint density at radius 1 is 0.645 bits per heavy atom. The highest BCUT2D eigenvalue weighted by Crippen LogP contribution is 2.50. The Hall–Kier alpha value is -2.61. The quantitative estimate of drug-likeness (QED) is 0.229. The van der Waals surface area contributed by atoms with Crippen molar-refractivity contribution < 1.29 is 19.8 Å². The second-order valence-electron chi connectivity index (χ2n) is 6.98. The smallest absolute Gasteiger partial charge is 0.163 e. The maximum atomic E-state index is 12.0. The Bertz CT molecular complexity index is 1240. The predicted octanol–water partition coefficient (Wildman–Crippen LogP) is 7.26. The maximum Gasteiger partial charge on any atom is 0.163 e. The first-order chi connectivity index (χ1) is 14.9. The zero-order valence-corrected chi connectivity index (χ0v) is 19.2. The number of carbonyl (C=O) groups is 2. The molecule has 0 bridgehead atoms. The number of Topliss-reactive ketones (excluding diaryl/α,β-unsaturated/α-hetero) is 2. The zero-order chi connectivity index (χ0) is 22.1. The van der Waals surface area contributed by atoms with Gasteiger partial charge in [0, 0.05) is 20.6 Å². The van der Waals surface area contributed by atoms with Crippen LogP contribution in [0.4, 0.5) is 0 Å². The van der Waals surface area contributed by atoms with Gasteiger partial charge in [-0.15, -0.1) is 0 Å². The first-order valence-electron chi connectivity index (χ1n) is 9.41. The van der Waals surface area contributed by atoms with Crippen LogP contribution in [0.1, 0.15) is 34.6 Å². The number of hydrogen-bond acceptors (Lipinski definition) is 7. The molecule has 0 aliphatic carbocycles. The Balaban J connectivity index is 1.69. The lowest BCUT2D eigenvalue weighted by Crippen LogP contribution is -1.94. The summed E-state index contributed by atoms with van der Waals surface area (Å²) < 4.78 is 0. The lowest BCUT2D eigenvalue weighted by Gasteiger charge is -2.12. The molecule has 2 N–H and O–H groups in total. The number of phenols is 2. The highest BCUT2D eigenvalue weighted by atomic mass is 33.5. The Labute approximate surface area is 190 Å². The second kappa shape index (κ2) is 8.86. The minimum absolute atomic E-state index is 0.000677. The molecule has 0 saturated carbocycles. The van der Waals surface area contributed by atoms with Crippen LogP contribution >= 0.6 is 31.4 Å². The van der Waals surface area contributed by atoms with Gasteiger partial charge in [0.2, 0.25) is 0 Å². The molecule has 0 fully saturated rings. The van der Waals surface area contributed by atoms with Gasteiger partial charge >= 0.3 is 0 Å². The number of aromatic hydroxyl groups is 2. The van der Waals surface area contributed by atoms with Gasteiger partial charge in [-0.25, -0.2) is 0 Å². The molecule has 0 atom stereocenters. The molecule has 4 nitrogen and oxygen atoms in total. The molecule has 0 spiro atoms. The molecule has 31 heavy (non-hydrogen) atoms. The summed E-state index contributed by atoms with van der Waals surface area (Å²) in [5.41, 5.74) is 0.585. The van der Waals surface area contributed by atoms with E-state index in [9.17, 15) is 19.8 Å². The van der Waals surface area contributed by atoms with Crippen molar-refractivity contribution in [1.29, 1.82) is 0 Å². The van der Waals surface area contributed by atoms with Gasteiger partial charge in [0.1, 0.15) is 11.5 Å². The summed E-state index contributed by atoms with van der Waals surface area (Å²) in [6, 6.07) is 18.3. The SMILES string of the molecule is CC(=O)c1cc(SSSc2cc(C(C)=O)c(O)c3ccccc23)c2ccccc2c1O. The minimum atomic E-state index is -0.196. The standard InChI is InChI=1S/C24H18O4S3/c1-13(25)19-11-21(15-7-3-5-9-17(15)23(19)27)29-31-30-22-12-20(14(2)26)24(28)18-10-6-4-8-16(18)22/h3-12,27-28H,1-2H3. The molecular weight excluding hydrogens is 448 g/mol. The molecule has 0 saturated heterocycles. The number of phenolic OH excluding ortho intramolecular Hbond substituents is 2. The van der Waals surface area contributed by atoms with Crippen molar-refractivity contribution in [2.75, 3.05) is 0 Å². The van der Waals surface area contributed by atoms with Gasteiger partial charge in [-0.1, -0.05) is 48.5 Å². The number of benzene rings is 4. The fourth-order valence-corrected chi connectivity index (χ4v) is 7.46. The average molecular weight is 467 g/mol. The van der Waals surface area contributed by atoms with Crippen LogP contribution in [-0.4, -0.2) is 21.8 Å². The van der Waals surface area contributed by atoms with Crippen LogP contribution in [0, 0.1) is 0 Å². The van der Waals surface area contributed by atoms with Crippen LogP contribution in [0.25, 0.3) is 21.5 Å². The lowest BCUT2D eigenvalue weighted by molar-refractivity contribution is 0.100. The van der Waals surface area contributed by atoms with E-state index in [1.807, 2.05) is 36.4 Å². The Kier molecular flexibility index (Phi) is 6.18. The molecular formula is C24H18O4S3. The molecule has 4 aromatic rings. The lowest BCUT2D eigenvalue weighted by atomic mass is 10.0. The molecule has 0 unspecified atom stereocenters. The number of rotatable bonds is 6. The number of fused-ring (bicyclic) bond motifs is 2. The zero-order valence-electron chi connectivity index (χ0n) is 16.7. The Morgan fingerprint density at radius 3 is 1.35 bits per heavy atom. The van der Waals surface area contributed by atoms with Crippen molar-refractivity contribution in [3.8, 4) is 11.5 Å². The third-order valence-electron chi connectivity index (χ3n) is 4.96. The molecule has 0 aliphatic heterocycles. The van der Waals surface area contributed by atoms with Crippen LogP contribution in [0.5, 0.6) is 11.5 Å². The maximum absolute atomic E-state index is 12.0. The summed E-state index contributed by atoms with van der Waals surface area (Å²) in [4.78, 5) is 25.7. The number of ketones is 2. The summed E-state index contributed by atoms with van der Waals surface area (Å²) in [7, 11) is 4.45. The van der Waals surface area contributed by atoms with E-state index in [0.717, 1.165) is 20.6 Å². The summed E-state index contributed by atoms with van der Waals surface area (Å²) in [5, 5.41) is 24.0. The van der Waals surface area contributed by atoms with Crippen molar-refractivity contribution >= 4 is 64.5 Å². The van der Waals surface area contributed by atoms with Gasteiger partial charge in [-0.3, -0.25) is 9.59 Å². The third kappa shape index (κ3) is 4.13. The molecule has 0 aliphatic rings. The van der Waals surface area contributed by atoms with Gasteiger partial charge in [-0.05, 0) is 68.2 Å². The summed E-state index contributed by atoms with van der Waals surface area (Å²) in [5.74, 6) is -0.391. The normalized spacial score (nSPS) is 11.2. The van der Waals surface area contributed by atoms with Crippen LogP contribution < -0.4 is 0 Å². The number of hydrogen-bond donors (Lipinski definition) is 2. The molecule has 7 heteroatoms. The molecule has 0 heterocycles. The average Bonchev–Trinajstić information content (AvgIpc) is 2.76. The van der Waals surface area contributed by atoms with Crippen LogP contribution in [0.2, 0.25) is 0 Å². The monoisotopic (exact) mass is 466 g/mol. The molecule has 156 valence electrons. The van der Waals surface area contributed by atoms with E-state index in [2.05, 4.69) is 0 Å². The Morgan fingerprint density at radius 2 is 1.00 bits per heavy atom. The fourth-order valence-electron chi connectivity index (χ4n) is 3.42. The van der Waals surface area contributed by atoms with Gasteiger partial charge in [0.15, 0.2) is 11.6 Å². The van der Waals surface area contributed by atoms with Crippen molar-refractivity contribution in [2.24, 2.45) is 0 Å². The fraction of sp³-hybridized carbons (Fsp3) is 0.0833. The van der Waals surface area contributed by atoms with Crippen LogP contribution in [-0.2, 0) is 0 Å². The summed E-state index contributed by atoms with van der Waals surface area (Å²) in [6.45, 7) is 2.87. The highest BCUT2D eigenvalue weighted by Gasteiger charge is 2.17. The summed E-state index contributed by atoms with van der Waals surface area (Å²) >= 11 is 0. The largest absolute Gasteiger partial charge is 0.507 e. The van der Waals surface area contributed by atoms with E-state index in [4.69, 9.17) is 0 Å². The minimum Gasteiger partial charge on any atom is -0.507 e. The third-order valence-corrected chi connectivity index (χ3v) is 8.84. The van der Waals surface area contributed by atoms with E-state index in [1.165, 1.54) is 45.3 Å². The van der Waals surface area contributed by atoms with Gasteiger partial charge in [-0.2, -0.15) is 0 Å². The van der Waals surface area contributed by atoms with Crippen molar-refractivity contribution in [3.05, 3.63) is 71.8 Å². The van der Waals surface area contributed by atoms with Gasteiger partial charge < -0.3 is 10.2 Å². The first kappa shape index (κ1) is 21.6. The van der Waals surface area contributed by atoms with E-state index >= 15 is 0 Å². The number of carbonyl (C=O) groups excluding carboxylic acids is 2. The van der Waals surface area contributed by atoms with Crippen LogP contribution in [0.15, 0.2) is 70.5 Å². The highest BCUT2D eigenvalue weighted by molar-refractivity contribution is 9.09. The van der Waals surface area contributed by atoms with Crippen molar-refractivity contribution in [1.82, 2.24) is 0 Å². The molecule has 0 amide bonds. The van der Waals surface area contributed by atoms with E-state index in [1.54, 1.807) is 24.3 Å². The van der Waals surface area contributed by atoms with Crippen molar-refractivity contribution in [3.63, 3.8) is 0 Å². The topological polar surface area (TPSA) is 74.6 Å².